The molecule has 5 nitrogen and oxygen atoms in total. The number of benzene rings is 1. The zero-order chi connectivity index (χ0) is 16.3. The Hall–Kier alpha value is -0.820. The second-order valence-corrected chi connectivity index (χ2v) is 7.82. The molecule has 0 saturated carbocycles. The second-order valence-electron chi connectivity index (χ2n) is 5.76. The number of methoxy groups -OCH3 is 1. The summed E-state index contributed by atoms with van der Waals surface area (Å²) in [6.45, 7) is 6.02. The van der Waals surface area contributed by atoms with Gasteiger partial charge in [0.2, 0.25) is 10.0 Å². The van der Waals surface area contributed by atoms with Gasteiger partial charge in [0.25, 0.3) is 0 Å². The maximum absolute atomic E-state index is 12.6. The van der Waals surface area contributed by atoms with E-state index in [4.69, 9.17) is 22.1 Å². The number of hydrogen-bond donors (Lipinski definition) is 2. The summed E-state index contributed by atoms with van der Waals surface area (Å²) in [5.41, 5.74) is 5.03. The van der Waals surface area contributed by atoms with Gasteiger partial charge in [0, 0.05) is 18.2 Å². The van der Waals surface area contributed by atoms with Gasteiger partial charge in [-0.1, -0.05) is 25.4 Å². The van der Waals surface area contributed by atoms with Gasteiger partial charge in [-0.2, -0.15) is 0 Å². The number of sulfonamides is 1. The molecule has 1 unspecified atom stereocenters. The minimum absolute atomic E-state index is 0.00746. The molecule has 1 aromatic rings. The Bertz CT molecular complexity index is 590. The monoisotopic (exact) mass is 334 g/mol. The van der Waals surface area contributed by atoms with Crippen molar-refractivity contribution in [3.63, 3.8) is 0 Å². The molecule has 1 aromatic carbocycles. The Morgan fingerprint density at radius 1 is 1.43 bits per heavy atom. The molecule has 7 heteroatoms. The molecule has 0 amide bonds. The normalized spacial score (nSPS) is 15.0. The van der Waals surface area contributed by atoms with Crippen molar-refractivity contribution in [2.24, 2.45) is 11.7 Å². The molecule has 1 atom stereocenters. The Morgan fingerprint density at radius 3 is 2.52 bits per heavy atom. The summed E-state index contributed by atoms with van der Waals surface area (Å²) < 4.78 is 32.9. The quantitative estimate of drug-likeness (QED) is 0.802. The molecule has 0 fully saturated rings. The predicted octanol–water partition coefficient (Wildman–Crippen LogP) is 2.39. The van der Waals surface area contributed by atoms with E-state index < -0.39 is 15.6 Å². The molecule has 3 N–H and O–H groups in total. The van der Waals surface area contributed by atoms with Gasteiger partial charge in [0.05, 0.1) is 12.1 Å². The van der Waals surface area contributed by atoms with Crippen LogP contribution >= 0.6 is 11.6 Å². The number of halogens is 1. The molecular weight excluding hydrogens is 312 g/mol. The molecule has 0 heterocycles. The van der Waals surface area contributed by atoms with Crippen molar-refractivity contribution in [1.82, 2.24) is 4.72 Å². The van der Waals surface area contributed by atoms with Crippen molar-refractivity contribution in [3.8, 4) is 5.75 Å². The Labute approximate surface area is 131 Å². The van der Waals surface area contributed by atoms with Crippen LogP contribution in [0.1, 0.15) is 27.2 Å². The summed E-state index contributed by atoms with van der Waals surface area (Å²) in [5, 5.41) is 0.146. The molecule has 0 bridgehead atoms. The highest BCUT2D eigenvalue weighted by Gasteiger charge is 2.31. The van der Waals surface area contributed by atoms with Crippen molar-refractivity contribution in [1.29, 1.82) is 0 Å². The molecule has 0 aliphatic rings. The molecule has 0 aromatic heterocycles. The van der Waals surface area contributed by atoms with Crippen molar-refractivity contribution in [2.75, 3.05) is 13.7 Å². The van der Waals surface area contributed by atoms with E-state index in [1.54, 1.807) is 13.0 Å². The van der Waals surface area contributed by atoms with Crippen molar-refractivity contribution in [2.45, 2.75) is 37.6 Å². The van der Waals surface area contributed by atoms with Crippen LogP contribution in [0.5, 0.6) is 5.75 Å². The minimum atomic E-state index is -3.78. The second kappa shape index (κ2) is 6.96. The van der Waals surface area contributed by atoms with Crippen LogP contribution in [0.4, 0.5) is 0 Å². The number of hydrogen-bond acceptors (Lipinski definition) is 4. The molecule has 120 valence electrons. The molecule has 0 aliphatic carbocycles. The standard InChI is InChI=1S/C14H23ClN2O3S/c1-10(2)8-14(3,9-16)17-21(18,19)13-7-11(20-4)5-6-12(13)15/h5-7,10,17H,8-9,16H2,1-4H3. The van der Waals surface area contributed by atoms with E-state index in [0.29, 0.717) is 18.1 Å². The average molecular weight is 335 g/mol. The maximum Gasteiger partial charge on any atom is 0.242 e. The summed E-state index contributed by atoms with van der Waals surface area (Å²) in [4.78, 5) is -0.00746. The van der Waals surface area contributed by atoms with Gasteiger partial charge >= 0.3 is 0 Å². The highest BCUT2D eigenvalue weighted by Crippen LogP contribution is 2.28. The van der Waals surface area contributed by atoms with E-state index in [1.165, 1.54) is 19.2 Å². The number of nitrogens with one attached hydrogen (secondary N) is 1. The van der Waals surface area contributed by atoms with E-state index >= 15 is 0 Å². The van der Waals surface area contributed by atoms with Crippen LogP contribution in [0.15, 0.2) is 23.1 Å². The SMILES string of the molecule is COc1ccc(Cl)c(S(=O)(=O)NC(C)(CN)CC(C)C)c1. The molecule has 0 radical (unpaired) electrons. The van der Waals surface area contributed by atoms with E-state index in [2.05, 4.69) is 4.72 Å². The minimum Gasteiger partial charge on any atom is -0.497 e. The smallest absolute Gasteiger partial charge is 0.242 e. The van der Waals surface area contributed by atoms with E-state index in [-0.39, 0.29) is 16.5 Å². The Balaban J connectivity index is 3.16. The zero-order valence-electron chi connectivity index (χ0n) is 12.8. The van der Waals surface area contributed by atoms with Gasteiger partial charge < -0.3 is 10.5 Å². The van der Waals surface area contributed by atoms with E-state index in [0.717, 1.165) is 0 Å². The van der Waals surface area contributed by atoms with Crippen LogP contribution in [-0.2, 0) is 10.0 Å². The van der Waals surface area contributed by atoms with Gasteiger partial charge in [0.1, 0.15) is 10.6 Å². The summed E-state index contributed by atoms with van der Waals surface area (Å²) >= 11 is 6.01. The van der Waals surface area contributed by atoms with Gasteiger partial charge in [0.15, 0.2) is 0 Å². The fourth-order valence-electron chi connectivity index (χ4n) is 2.26. The average Bonchev–Trinajstić information content (AvgIpc) is 2.37. The summed E-state index contributed by atoms with van der Waals surface area (Å²) in [6.07, 6.45) is 0.629. The lowest BCUT2D eigenvalue weighted by Crippen LogP contribution is -2.52. The Kier molecular flexibility index (Phi) is 6.04. The molecule has 0 saturated heterocycles. The summed E-state index contributed by atoms with van der Waals surface area (Å²) in [6, 6.07) is 4.51. The molecule has 0 aliphatic heterocycles. The van der Waals surface area contributed by atoms with Crippen LogP contribution in [0.2, 0.25) is 5.02 Å². The van der Waals surface area contributed by atoms with Crippen molar-refractivity contribution in [3.05, 3.63) is 23.2 Å². The van der Waals surface area contributed by atoms with Gasteiger partial charge in [-0.25, -0.2) is 13.1 Å². The Morgan fingerprint density at radius 2 is 2.05 bits per heavy atom. The number of rotatable bonds is 7. The highest BCUT2D eigenvalue weighted by atomic mass is 35.5. The number of nitrogens with two attached hydrogens (primary N) is 1. The lowest BCUT2D eigenvalue weighted by Gasteiger charge is -2.31. The van der Waals surface area contributed by atoms with Crippen LogP contribution in [0.25, 0.3) is 0 Å². The van der Waals surface area contributed by atoms with E-state index in [9.17, 15) is 8.42 Å². The molecular formula is C14H23ClN2O3S. The molecule has 1 rings (SSSR count). The first-order valence-corrected chi connectivity index (χ1v) is 8.57. The van der Waals surface area contributed by atoms with Crippen LogP contribution in [0.3, 0.4) is 0 Å². The number of ether oxygens (including phenoxy) is 1. The first-order valence-electron chi connectivity index (χ1n) is 6.71. The topological polar surface area (TPSA) is 81.4 Å². The van der Waals surface area contributed by atoms with Crippen molar-refractivity contribution >= 4 is 21.6 Å². The molecule has 21 heavy (non-hydrogen) atoms. The largest absolute Gasteiger partial charge is 0.497 e. The third-order valence-electron chi connectivity index (χ3n) is 3.12. The maximum atomic E-state index is 12.6. The first-order chi connectivity index (χ1) is 9.63. The highest BCUT2D eigenvalue weighted by molar-refractivity contribution is 7.89. The summed E-state index contributed by atoms with van der Waals surface area (Å²) in [5.74, 6) is 0.736. The summed E-state index contributed by atoms with van der Waals surface area (Å²) in [7, 11) is -2.31. The van der Waals surface area contributed by atoms with Gasteiger partial charge in [-0.3, -0.25) is 0 Å². The van der Waals surface area contributed by atoms with Crippen LogP contribution < -0.4 is 15.2 Å². The zero-order valence-corrected chi connectivity index (χ0v) is 14.4. The lowest BCUT2D eigenvalue weighted by atomic mass is 9.92. The van der Waals surface area contributed by atoms with Crippen LogP contribution in [0, 0.1) is 5.92 Å². The molecule has 0 spiro atoms. The van der Waals surface area contributed by atoms with Crippen LogP contribution in [-0.4, -0.2) is 27.6 Å². The van der Waals surface area contributed by atoms with E-state index in [1.807, 2.05) is 13.8 Å². The first kappa shape index (κ1) is 18.2. The van der Waals surface area contributed by atoms with Gasteiger partial charge in [-0.05, 0) is 31.4 Å². The third-order valence-corrected chi connectivity index (χ3v) is 5.24. The fraction of sp³-hybridized carbons (Fsp3) is 0.571. The van der Waals surface area contributed by atoms with Crippen molar-refractivity contribution < 1.29 is 13.2 Å². The predicted molar refractivity (Wildman–Crippen MR) is 85.2 cm³/mol. The fourth-order valence-corrected chi connectivity index (χ4v) is 4.21. The van der Waals surface area contributed by atoms with Gasteiger partial charge in [-0.15, -0.1) is 0 Å². The third kappa shape index (κ3) is 4.85. The lowest BCUT2D eigenvalue weighted by molar-refractivity contribution is 0.344.